The summed E-state index contributed by atoms with van der Waals surface area (Å²) < 4.78 is 0. The molecule has 0 bridgehead atoms. The Labute approximate surface area is 77.2 Å². The van der Waals surface area contributed by atoms with Gasteiger partial charge in [0.05, 0.1) is 0 Å². The highest BCUT2D eigenvalue weighted by Gasteiger charge is 2.14. The summed E-state index contributed by atoms with van der Waals surface area (Å²) in [5.41, 5.74) is 4.07. The van der Waals surface area contributed by atoms with Crippen LogP contribution in [-0.2, 0) is 0 Å². The Morgan fingerprint density at radius 2 is 2.25 bits per heavy atom. The molecule has 0 aliphatic rings. The number of aryl methyl sites for hydroxylation is 1. The normalized spacial score (nSPS) is 13.8. The third-order valence-electron chi connectivity index (χ3n) is 1.82. The van der Waals surface area contributed by atoms with Crippen molar-refractivity contribution in [1.29, 1.82) is 0 Å². The summed E-state index contributed by atoms with van der Waals surface area (Å²) in [4.78, 5) is 3.33. The molecule has 1 heterocycles. The van der Waals surface area contributed by atoms with Gasteiger partial charge in [0.2, 0.25) is 0 Å². The lowest BCUT2D eigenvalue weighted by Crippen LogP contribution is -2.37. The van der Waals surface area contributed by atoms with Crippen LogP contribution in [0.4, 0.5) is 0 Å². The van der Waals surface area contributed by atoms with E-state index in [1.807, 2.05) is 14.1 Å². The van der Waals surface area contributed by atoms with Crippen molar-refractivity contribution in [2.24, 2.45) is 5.84 Å². The number of hydrogen-bond donors (Lipinski definition) is 2. The maximum Gasteiger partial charge on any atom is 0.108 e. The Kier molecular flexibility index (Phi) is 3.22. The van der Waals surface area contributed by atoms with Gasteiger partial charge in [0.1, 0.15) is 6.17 Å². The zero-order chi connectivity index (χ0) is 9.14. The van der Waals surface area contributed by atoms with Crippen molar-refractivity contribution in [1.82, 2.24) is 10.3 Å². The number of hydrogen-bond acceptors (Lipinski definition) is 4. The highest BCUT2D eigenvalue weighted by atomic mass is 32.1. The van der Waals surface area contributed by atoms with E-state index in [1.54, 1.807) is 11.3 Å². The molecule has 3 N–H and O–H groups in total. The van der Waals surface area contributed by atoms with E-state index in [4.69, 9.17) is 5.84 Å². The standard InChI is InChI=1S/C8H15N3S/c1-6-4-5-12-7(6)8(10-9)11(2)3/h4-5,8,10H,9H2,1-3H3. The maximum absolute atomic E-state index is 5.45. The Hall–Kier alpha value is -0.420. The van der Waals surface area contributed by atoms with Crippen molar-refractivity contribution in [3.63, 3.8) is 0 Å². The molecule has 0 amide bonds. The maximum atomic E-state index is 5.45. The van der Waals surface area contributed by atoms with Crippen molar-refractivity contribution in [3.8, 4) is 0 Å². The van der Waals surface area contributed by atoms with E-state index in [1.165, 1.54) is 10.4 Å². The first-order valence-corrected chi connectivity index (χ1v) is 4.71. The first-order valence-electron chi connectivity index (χ1n) is 3.83. The zero-order valence-electron chi connectivity index (χ0n) is 7.66. The molecular weight excluding hydrogens is 170 g/mol. The van der Waals surface area contributed by atoms with E-state index in [0.29, 0.717) is 0 Å². The van der Waals surface area contributed by atoms with Gasteiger partial charge >= 0.3 is 0 Å². The number of nitrogens with one attached hydrogen (secondary N) is 1. The van der Waals surface area contributed by atoms with Crippen molar-refractivity contribution in [2.75, 3.05) is 14.1 Å². The van der Waals surface area contributed by atoms with E-state index in [2.05, 4.69) is 28.7 Å². The molecule has 1 unspecified atom stereocenters. The molecule has 12 heavy (non-hydrogen) atoms. The smallest absolute Gasteiger partial charge is 0.108 e. The first-order chi connectivity index (χ1) is 5.66. The minimum atomic E-state index is 0.130. The van der Waals surface area contributed by atoms with Crippen molar-refractivity contribution < 1.29 is 0 Å². The lowest BCUT2D eigenvalue weighted by molar-refractivity contribution is 0.256. The Morgan fingerprint density at radius 3 is 2.58 bits per heavy atom. The molecule has 0 aliphatic carbocycles. The van der Waals surface area contributed by atoms with E-state index in [-0.39, 0.29) is 6.17 Å². The largest absolute Gasteiger partial charge is 0.289 e. The fourth-order valence-electron chi connectivity index (χ4n) is 1.12. The van der Waals surface area contributed by atoms with Gasteiger partial charge in [-0.1, -0.05) is 0 Å². The van der Waals surface area contributed by atoms with E-state index in [0.717, 1.165) is 0 Å². The molecule has 3 nitrogen and oxygen atoms in total. The number of hydrazine groups is 1. The Morgan fingerprint density at radius 1 is 1.58 bits per heavy atom. The lowest BCUT2D eigenvalue weighted by Gasteiger charge is -2.22. The quantitative estimate of drug-likeness (QED) is 0.420. The minimum absolute atomic E-state index is 0.130. The number of rotatable bonds is 3. The van der Waals surface area contributed by atoms with Crippen LogP contribution in [0.25, 0.3) is 0 Å². The molecule has 0 saturated heterocycles. The molecule has 0 aromatic carbocycles. The molecule has 0 radical (unpaired) electrons. The van der Waals surface area contributed by atoms with Crippen LogP contribution >= 0.6 is 11.3 Å². The summed E-state index contributed by atoms with van der Waals surface area (Å²) in [5.74, 6) is 5.45. The Balaban J connectivity index is 2.87. The van der Waals surface area contributed by atoms with Gasteiger partial charge in [-0.25, -0.2) is 5.43 Å². The molecule has 1 rings (SSSR count). The molecular formula is C8H15N3S. The summed E-state index contributed by atoms with van der Waals surface area (Å²) >= 11 is 1.73. The third kappa shape index (κ3) is 1.84. The number of nitrogens with zero attached hydrogens (tertiary/aromatic N) is 1. The highest BCUT2D eigenvalue weighted by molar-refractivity contribution is 7.10. The van der Waals surface area contributed by atoms with Gasteiger partial charge in [-0.2, -0.15) is 0 Å². The fraction of sp³-hybridized carbons (Fsp3) is 0.500. The van der Waals surface area contributed by atoms with Crippen LogP contribution in [0.15, 0.2) is 11.4 Å². The second-order valence-electron chi connectivity index (χ2n) is 3.00. The topological polar surface area (TPSA) is 41.3 Å². The van der Waals surface area contributed by atoms with E-state index < -0.39 is 0 Å². The zero-order valence-corrected chi connectivity index (χ0v) is 8.48. The van der Waals surface area contributed by atoms with Crippen LogP contribution in [0, 0.1) is 6.92 Å². The van der Waals surface area contributed by atoms with Gasteiger partial charge in [-0.3, -0.25) is 10.7 Å². The fourth-order valence-corrected chi connectivity index (χ4v) is 2.20. The summed E-state index contributed by atoms with van der Waals surface area (Å²) in [6.45, 7) is 2.10. The van der Waals surface area contributed by atoms with E-state index in [9.17, 15) is 0 Å². The molecule has 1 atom stereocenters. The second kappa shape index (κ2) is 4.00. The van der Waals surface area contributed by atoms with Crippen molar-refractivity contribution in [3.05, 3.63) is 21.9 Å². The van der Waals surface area contributed by atoms with Gasteiger partial charge in [0.25, 0.3) is 0 Å². The molecule has 0 fully saturated rings. The molecule has 68 valence electrons. The molecule has 1 aromatic rings. The molecule has 0 aliphatic heterocycles. The van der Waals surface area contributed by atoms with Gasteiger partial charge in [0.15, 0.2) is 0 Å². The number of nitrogens with two attached hydrogens (primary N) is 1. The molecule has 0 saturated carbocycles. The van der Waals surface area contributed by atoms with Crippen LogP contribution < -0.4 is 11.3 Å². The Bertz CT molecular complexity index is 244. The second-order valence-corrected chi connectivity index (χ2v) is 3.95. The van der Waals surface area contributed by atoms with Crippen LogP contribution in [0.2, 0.25) is 0 Å². The average Bonchev–Trinajstić information content (AvgIpc) is 2.38. The monoisotopic (exact) mass is 185 g/mol. The molecule has 4 heteroatoms. The van der Waals surface area contributed by atoms with Gasteiger partial charge in [-0.05, 0) is 38.0 Å². The number of thiophene rings is 1. The van der Waals surface area contributed by atoms with E-state index >= 15 is 0 Å². The van der Waals surface area contributed by atoms with Crippen LogP contribution in [0.5, 0.6) is 0 Å². The predicted octanol–water partition coefficient (Wildman–Crippen LogP) is 1.08. The van der Waals surface area contributed by atoms with Crippen LogP contribution in [-0.4, -0.2) is 19.0 Å². The molecule has 1 aromatic heterocycles. The predicted molar refractivity (Wildman–Crippen MR) is 52.8 cm³/mol. The lowest BCUT2D eigenvalue weighted by atomic mass is 10.2. The van der Waals surface area contributed by atoms with Crippen molar-refractivity contribution >= 4 is 11.3 Å². The van der Waals surface area contributed by atoms with Gasteiger partial charge in [-0.15, -0.1) is 11.3 Å². The summed E-state index contributed by atoms with van der Waals surface area (Å²) in [5, 5.41) is 2.08. The molecule has 0 spiro atoms. The third-order valence-corrected chi connectivity index (χ3v) is 2.90. The van der Waals surface area contributed by atoms with Crippen molar-refractivity contribution in [2.45, 2.75) is 13.1 Å². The SMILES string of the molecule is Cc1ccsc1C(NN)N(C)C. The summed E-state index contributed by atoms with van der Waals surface area (Å²) in [6, 6.07) is 2.10. The first kappa shape index (κ1) is 9.67. The minimum Gasteiger partial charge on any atom is -0.289 e. The summed E-state index contributed by atoms with van der Waals surface area (Å²) in [6.07, 6.45) is 0.130. The van der Waals surface area contributed by atoms with Crippen LogP contribution in [0.1, 0.15) is 16.6 Å². The van der Waals surface area contributed by atoms with Crippen LogP contribution in [0.3, 0.4) is 0 Å². The summed E-state index contributed by atoms with van der Waals surface area (Å²) in [7, 11) is 4.01. The average molecular weight is 185 g/mol. The van der Waals surface area contributed by atoms with Gasteiger partial charge < -0.3 is 0 Å². The van der Waals surface area contributed by atoms with Gasteiger partial charge in [0, 0.05) is 4.88 Å². The highest BCUT2D eigenvalue weighted by Crippen LogP contribution is 2.24.